The molecule has 2 N–H and O–H groups in total. The molecule has 1 heterocycles. The number of esters is 1. The molecule has 1 amide bonds. The number of nitrogens with one attached hydrogen (secondary N) is 2. The number of rotatable bonds is 15. The van der Waals surface area contributed by atoms with Gasteiger partial charge in [-0.05, 0) is 6.92 Å². The Labute approximate surface area is 221 Å². The molecule has 1 aromatic carbocycles. The van der Waals surface area contributed by atoms with Crippen LogP contribution in [0.4, 0.5) is 0 Å². The van der Waals surface area contributed by atoms with Crippen molar-refractivity contribution in [2.45, 2.75) is 83.8 Å². The second-order valence-electron chi connectivity index (χ2n) is 10.4. The van der Waals surface area contributed by atoms with Crippen LogP contribution in [0, 0.1) is 0 Å². The summed E-state index contributed by atoms with van der Waals surface area (Å²) in [7, 11) is 0.744. The first kappa shape index (κ1) is 30.6. The van der Waals surface area contributed by atoms with E-state index in [-0.39, 0.29) is 42.2 Å². The Morgan fingerprint density at radius 3 is 2.54 bits per heavy atom. The zero-order chi connectivity index (χ0) is 27.3. The number of benzene rings is 1. The van der Waals surface area contributed by atoms with Crippen molar-refractivity contribution in [3.8, 4) is 5.75 Å². The molecule has 2 atom stereocenters. The summed E-state index contributed by atoms with van der Waals surface area (Å²) in [6, 6.07) is 6.57. The van der Waals surface area contributed by atoms with Crippen LogP contribution < -0.4 is 15.4 Å². The summed E-state index contributed by atoms with van der Waals surface area (Å²) in [6.07, 6.45) is 4.00. The van der Waals surface area contributed by atoms with Crippen molar-refractivity contribution in [1.82, 2.24) is 15.5 Å². The fourth-order valence-electron chi connectivity index (χ4n) is 4.33. The normalized spacial score (nSPS) is 16.9. The number of ether oxygens (including phenoxy) is 2. The third-order valence-corrected chi connectivity index (χ3v) is 6.07. The zero-order valence-electron chi connectivity index (χ0n) is 22.7. The van der Waals surface area contributed by atoms with Crippen LogP contribution in [0.5, 0.6) is 5.75 Å². The van der Waals surface area contributed by atoms with Gasteiger partial charge < -0.3 is 4.74 Å². The summed E-state index contributed by atoms with van der Waals surface area (Å²) in [5, 5.41) is 6.09. The van der Waals surface area contributed by atoms with Gasteiger partial charge in [-0.2, -0.15) is 0 Å². The number of piperidine rings is 1. The Kier molecular flexibility index (Phi) is 12.9. The van der Waals surface area contributed by atoms with Crippen LogP contribution >= 0.6 is 0 Å². The van der Waals surface area contributed by atoms with Gasteiger partial charge in [0, 0.05) is 0 Å². The molecule has 2 rings (SSSR count). The summed E-state index contributed by atoms with van der Waals surface area (Å²) in [5.41, 5.74) is 0.589. The number of likely N-dealkylation sites (tertiary alicyclic amines) is 1. The number of carbonyl (C=O) groups excluding carboxylic acids is 3. The fourth-order valence-corrected chi connectivity index (χ4v) is 4.33. The topological polar surface area (TPSA) is 114 Å². The first-order valence-corrected chi connectivity index (χ1v) is 13.3. The first-order valence-electron chi connectivity index (χ1n) is 13.3. The average molecular weight is 515 g/mol. The molecule has 1 saturated heterocycles. The van der Waals surface area contributed by atoms with Gasteiger partial charge in [0.2, 0.25) is 0 Å². The minimum absolute atomic E-state index is 0.0448. The molecule has 1 fully saturated rings. The number of nitrogens with zero attached hydrogens (tertiary/aromatic N) is 1. The fraction of sp³-hybridized carbons (Fsp3) is 0.667. The van der Waals surface area contributed by atoms with E-state index in [0.717, 1.165) is 32.0 Å². The van der Waals surface area contributed by atoms with Crippen molar-refractivity contribution in [1.29, 1.82) is 0 Å². The summed E-state index contributed by atoms with van der Waals surface area (Å²) in [5.74, 6) is 0.356. The van der Waals surface area contributed by atoms with Crippen molar-refractivity contribution in [2.24, 2.45) is 0 Å². The van der Waals surface area contributed by atoms with E-state index < -0.39 is 6.04 Å². The van der Waals surface area contributed by atoms with Gasteiger partial charge in [0.05, 0.1) is 6.61 Å². The van der Waals surface area contributed by atoms with Gasteiger partial charge >= 0.3 is 198 Å². The van der Waals surface area contributed by atoms with Gasteiger partial charge in [-0.25, -0.2) is 0 Å². The number of ketones is 1. The maximum absolute atomic E-state index is 13.3. The number of Topliss-reactive ketones (excluding diaryl/α,β-unsaturated/α-hetero) is 1. The maximum atomic E-state index is 13.3. The Balaban J connectivity index is 1.95. The van der Waals surface area contributed by atoms with Crippen molar-refractivity contribution >= 4 is 24.8 Å². The predicted molar refractivity (Wildman–Crippen MR) is 142 cm³/mol. The minimum atomic E-state index is -0.546. The van der Waals surface area contributed by atoms with E-state index in [1.165, 1.54) is 0 Å². The van der Waals surface area contributed by atoms with Crippen LogP contribution in [0.3, 0.4) is 0 Å². The average Bonchev–Trinajstić information content (AvgIpc) is 2.84. The summed E-state index contributed by atoms with van der Waals surface area (Å²) in [4.78, 5) is 39.5. The van der Waals surface area contributed by atoms with Crippen LogP contribution in [0.15, 0.2) is 24.3 Å². The Morgan fingerprint density at radius 2 is 1.89 bits per heavy atom. The predicted octanol–water partition coefficient (Wildman–Crippen LogP) is 2.25. The molecule has 2 unspecified atom stereocenters. The quantitative estimate of drug-likeness (QED) is 0.208. The standard InChI is InChI=1S/C27H42BN3O6/c1-5-36-25(33)10-8-16-37-21-13-11-20(12-14-21)17-22(29-19-28-35)24(32)18-31-15-7-6-9-23(31)26(34)30-27(2,3)4/h11-14,22-23,29H,5-10,15-19H2,1-4H3,(H,30,34). The Bertz CT molecular complexity index is 887. The van der Waals surface area contributed by atoms with Gasteiger partial charge in [-0.3, -0.25) is 4.79 Å². The summed E-state index contributed by atoms with van der Waals surface area (Å²) in [6.45, 7) is 9.24. The zero-order valence-corrected chi connectivity index (χ0v) is 22.7. The number of amides is 1. The van der Waals surface area contributed by atoms with E-state index in [0.29, 0.717) is 44.8 Å². The van der Waals surface area contributed by atoms with E-state index in [2.05, 4.69) is 10.6 Å². The summed E-state index contributed by atoms with van der Waals surface area (Å²) < 4.78 is 21.6. The molecule has 0 aliphatic carbocycles. The molecule has 10 heteroatoms. The molecular formula is C27H42BN3O6. The van der Waals surface area contributed by atoms with Crippen LogP contribution in [0.1, 0.15) is 65.4 Å². The molecule has 0 aromatic heterocycles. The van der Waals surface area contributed by atoms with Gasteiger partial charge in [0.1, 0.15) is 0 Å². The molecule has 0 radical (unpaired) electrons. The van der Waals surface area contributed by atoms with Gasteiger partial charge in [0.25, 0.3) is 0 Å². The number of hydrogen-bond acceptors (Lipinski definition) is 8. The Hall–Kier alpha value is -2.59. The molecular weight excluding hydrogens is 473 g/mol. The molecule has 0 bridgehead atoms. The van der Waals surface area contributed by atoms with Crippen molar-refractivity contribution in [3.05, 3.63) is 29.8 Å². The van der Waals surface area contributed by atoms with E-state index in [9.17, 15) is 19.1 Å². The SMILES string of the molecule is CCOC(=O)CCCOc1ccc(CC(NCB=O)C(=O)CN2CCCCC2C(=O)NC(C)(C)C)cc1. The van der Waals surface area contributed by atoms with Crippen LogP contribution in [-0.4, -0.2) is 80.1 Å². The van der Waals surface area contributed by atoms with Crippen LogP contribution in [0.2, 0.25) is 0 Å². The van der Waals surface area contributed by atoms with Crippen molar-refractivity contribution < 1.29 is 28.6 Å². The van der Waals surface area contributed by atoms with Crippen LogP contribution in [0.25, 0.3) is 0 Å². The molecule has 0 spiro atoms. The van der Waals surface area contributed by atoms with Crippen molar-refractivity contribution in [2.75, 3.05) is 32.7 Å². The molecule has 204 valence electrons. The second-order valence-corrected chi connectivity index (χ2v) is 10.4. The second kappa shape index (κ2) is 15.6. The van der Waals surface area contributed by atoms with Crippen molar-refractivity contribution in [3.63, 3.8) is 0 Å². The van der Waals surface area contributed by atoms with E-state index >= 15 is 0 Å². The summed E-state index contributed by atoms with van der Waals surface area (Å²) >= 11 is 0. The van der Waals surface area contributed by atoms with Gasteiger partial charge in [-0.1, -0.05) is 0 Å². The third kappa shape index (κ3) is 11.6. The molecule has 1 aromatic rings. The molecule has 1 aliphatic heterocycles. The monoisotopic (exact) mass is 515 g/mol. The third-order valence-electron chi connectivity index (χ3n) is 6.07. The number of hydrogen-bond donors (Lipinski definition) is 2. The molecule has 9 nitrogen and oxygen atoms in total. The van der Waals surface area contributed by atoms with E-state index in [1.54, 1.807) is 6.92 Å². The first-order chi connectivity index (χ1) is 17.6. The van der Waals surface area contributed by atoms with Crippen LogP contribution in [-0.2, 0) is 30.2 Å². The van der Waals surface area contributed by atoms with Gasteiger partial charge in [0.15, 0.2) is 0 Å². The van der Waals surface area contributed by atoms with E-state index in [1.807, 2.05) is 49.9 Å². The molecule has 37 heavy (non-hydrogen) atoms. The Morgan fingerprint density at radius 1 is 1.16 bits per heavy atom. The van der Waals surface area contributed by atoms with E-state index in [4.69, 9.17) is 9.47 Å². The van der Waals surface area contributed by atoms with Gasteiger partial charge in [-0.15, -0.1) is 0 Å². The number of carbonyl (C=O) groups is 3. The molecule has 0 saturated carbocycles. The molecule has 1 aliphatic rings.